The molecular formula is C16H25N5. The van der Waals surface area contributed by atoms with Gasteiger partial charge >= 0.3 is 0 Å². The smallest absolute Gasteiger partial charge is 0.0964 e. The van der Waals surface area contributed by atoms with Crippen LogP contribution in [0.4, 0.5) is 5.69 Å². The molecule has 0 amide bonds. The molecule has 0 fully saturated rings. The summed E-state index contributed by atoms with van der Waals surface area (Å²) in [7, 11) is 1.92. The van der Waals surface area contributed by atoms with E-state index < -0.39 is 0 Å². The number of aromatic nitrogens is 3. The van der Waals surface area contributed by atoms with E-state index in [4.69, 9.17) is 0 Å². The summed E-state index contributed by atoms with van der Waals surface area (Å²) in [5.41, 5.74) is 2.26. The van der Waals surface area contributed by atoms with Gasteiger partial charge in [0.1, 0.15) is 0 Å². The molecule has 0 unspecified atom stereocenters. The first-order chi connectivity index (χ1) is 10.3. The van der Waals surface area contributed by atoms with E-state index in [0.29, 0.717) is 0 Å². The van der Waals surface area contributed by atoms with Gasteiger partial charge in [0, 0.05) is 31.5 Å². The fourth-order valence-corrected chi connectivity index (χ4v) is 2.29. The third-order valence-corrected chi connectivity index (χ3v) is 3.45. The van der Waals surface area contributed by atoms with Crippen molar-refractivity contribution in [3.8, 4) is 0 Å². The number of unbranched alkanes of at least 4 members (excludes halogenated alkanes) is 1. The van der Waals surface area contributed by atoms with Gasteiger partial charge in [0.2, 0.25) is 0 Å². The Labute approximate surface area is 127 Å². The molecule has 21 heavy (non-hydrogen) atoms. The normalized spacial score (nSPS) is 10.8. The zero-order chi connectivity index (χ0) is 14.9. The van der Waals surface area contributed by atoms with Crippen molar-refractivity contribution in [1.82, 2.24) is 20.3 Å². The standard InChI is InChI=1S/C16H25N5/c1-3-4-10-20(16-8-6-5-7-9-16)11-12-21-14-15(13-17-2)18-19-21/h5-9,14,17H,3-4,10-13H2,1-2H3. The van der Waals surface area contributed by atoms with Gasteiger partial charge in [0.25, 0.3) is 0 Å². The molecule has 0 saturated carbocycles. The summed E-state index contributed by atoms with van der Waals surface area (Å²) in [4.78, 5) is 2.42. The Hall–Kier alpha value is -1.88. The summed E-state index contributed by atoms with van der Waals surface area (Å²) >= 11 is 0. The predicted molar refractivity (Wildman–Crippen MR) is 86.3 cm³/mol. The molecule has 5 nitrogen and oxygen atoms in total. The summed E-state index contributed by atoms with van der Waals surface area (Å²) < 4.78 is 1.93. The Morgan fingerprint density at radius 3 is 2.71 bits per heavy atom. The van der Waals surface area contributed by atoms with Gasteiger partial charge in [-0.1, -0.05) is 36.8 Å². The van der Waals surface area contributed by atoms with Gasteiger partial charge in [0.05, 0.1) is 12.2 Å². The number of hydrogen-bond acceptors (Lipinski definition) is 4. The van der Waals surface area contributed by atoms with Crippen LogP contribution in [-0.4, -0.2) is 35.1 Å². The molecule has 0 bridgehead atoms. The van der Waals surface area contributed by atoms with Crippen LogP contribution in [0, 0.1) is 0 Å². The second kappa shape index (κ2) is 8.42. The number of rotatable bonds is 9. The van der Waals surface area contributed by atoms with Crippen molar-refractivity contribution in [2.45, 2.75) is 32.9 Å². The van der Waals surface area contributed by atoms with Crippen molar-refractivity contribution in [3.05, 3.63) is 42.2 Å². The van der Waals surface area contributed by atoms with E-state index in [9.17, 15) is 0 Å². The number of anilines is 1. The van der Waals surface area contributed by atoms with Gasteiger partial charge in [-0.3, -0.25) is 4.68 Å². The highest BCUT2D eigenvalue weighted by Gasteiger charge is 2.07. The third kappa shape index (κ3) is 4.86. The van der Waals surface area contributed by atoms with Crippen LogP contribution >= 0.6 is 0 Å². The molecule has 1 aromatic carbocycles. The third-order valence-electron chi connectivity index (χ3n) is 3.45. The van der Waals surface area contributed by atoms with Gasteiger partial charge < -0.3 is 10.2 Å². The van der Waals surface area contributed by atoms with Gasteiger partial charge in [-0.05, 0) is 25.6 Å². The molecule has 0 spiro atoms. The highest BCUT2D eigenvalue weighted by Crippen LogP contribution is 2.14. The Kier molecular flexibility index (Phi) is 6.22. The second-order valence-electron chi connectivity index (χ2n) is 5.18. The van der Waals surface area contributed by atoms with Crippen LogP contribution in [0.1, 0.15) is 25.5 Å². The molecule has 0 aliphatic heterocycles. The molecule has 0 aliphatic rings. The van der Waals surface area contributed by atoms with Crippen LogP contribution in [0.3, 0.4) is 0 Å². The van der Waals surface area contributed by atoms with E-state index in [1.165, 1.54) is 18.5 Å². The van der Waals surface area contributed by atoms with Crippen molar-refractivity contribution in [3.63, 3.8) is 0 Å². The highest BCUT2D eigenvalue weighted by molar-refractivity contribution is 5.45. The highest BCUT2D eigenvalue weighted by atomic mass is 15.4. The maximum atomic E-state index is 4.18. The van der Waals surface area contributed by atoms with Crippen LogP contribution in [0.15, 0.2) is 36.5 Å². The molecule has 1 N–H and O–H groups in total. The quantitative estimate of drug-likeness (QED) is 0.769. The maximum absolute atomic E-state index is 4.18. The van der Waals surface area contributed by atoms with Gasteiger partial charge in [-0.2, -0.15) is 0 Å². The molecule has 2 rings (SSSR count). The molecule has 0 atom stereocenters. The summed E-state index contributed by atoms with van der Waals surface area (Å²) in [6, 6.07) is 10.6. The summed E-state index contributed by atoms with van der Waals surface area (Å²) in [5.74, 6) is 0. The van der Waals surface area contributed by atoms with Crippen molar-refractivity contribution in [2.24, 2.45) is 0 Å². The first-order valence-electron chi connectivity index (χ1n) is 7.67. The van der Waals surface area contributed by atoms with E-state index in [-0.39, 0.29) is 0 Å². The summed E-state index contributed by atoms with van der Waals surface area (Å²) in [6.45, 7) is 5.88. The Morgan fingerprint density at radius 1 is 1.19 bits per heavy atom. The van der Waals surface area contributed by atoms with Gasteiger partial charge in [-0.25, -0.2) is 0 Å². The molecule has 0 saturated heterocycles. The largest absolute Gasteiger partial charge is 0.370 e. The van der Waals surface area contributed by atoms with E-state index in [1.54, 1.807) is 0 Å². The average Bonchev–Trinajstić information content (AvgIpc) is 2.96. The first-order valence-corrected chi connectivity index (χ1v) is 7.67. The SMILES string of the molecule is CCCCN(CCn1cc(CNC)nn1)c1ccccc1. The minimum Gasteiger partial charge on any atom is -0.370 e. The average molecular weight is 287 g/mol. The van der Waals surface area contributed by atoms with Crippen LogP contribution < -0.4 is 10.2 Å². The van der Waals surface area contributed by atoms with E-state index in [1.807, 2.05) is 17.9 Å². The molecule has 5 heteroatoms. The Morgan fingerprint density at radius 2 is 2.00 bits per heavy atom. The molecule has 1 heterocycles. The molecule has 114 valence electrons. The van der Waals surface area contributed by atoms with Crippen LogP contribution in [0.5, 0.6) is 0 Å². The second-order valence-corrected chi connectivity index (χ2v) is 5.18. The number of para-hydroxylation sites is 1. The van der Waals surface area contributed by atoms with Crippen molar-refractivity contribution in [2.75, 3.05) is 25.0 Å². The number of benzene rings is 1. The minimum atomic E-state index is 0.762. The maximum Gasteiger partial charge on any atom is 0.0964 e. The number of nitrogens with one attached hydrogen (secondary N) is 1. The monoisotopic (exact) mass is 287 g/mol. The van der Waals surface area contributed by atoms with Crippen LogP contribution in [-0.2, 0) is 13.1 Å². The van der Waals surface area contributed by atoms with Crippen LogP contribution in [0.2, 0.25) is 0 Å². The Balaban J connectivity index is 1.94. The topological polar surface area (TPSA) is 46.0 Å². The minimum absolute atomic E-state index is 0.762. The number of nitrogens with zero attached hydrogens (tertiary/aromatic N) is 4. The lowest BCUT2D eigenvalue weighted by molar-refractivity contribution is 0.568. The van der Waals surface area contributed by atoms with Crippen molar-refractivity contribution in [1.29, 1.82) is 0 Å². The molecule has 1 aromatic heterocycles. The molecular weight excluding hydrogens is 262 g/mol. The first kappa shape index (κ1) is 15.5. The van der Waals surface area contributed by atoms with E-state index in [0.717, 1.165) is 31.9 Å². The number of hydrogen-bond donors (Lipinski definition) is 1. The van der Waals surface area contributed by atoms with Crippen molar-refractivity contribution < 1.29 is 0 Å². The van der Waals surface area contributed by atoms with Gasteiger partial charge in [0.15, 0.2) is 0 Å². The van der Waals surface area contributed by atoms with Gasteiger partial charge in [-0.15, -0.1) is 5.10 Å². The lowest BCUT2D eigenvalue weighted by Gasteiger charge is -2.24. The Bertz CT molecular complexity index is 508. The fraction of sp³-hybridized carbons (Fsp3) is 0.500. The zero-order valence-corrected chi connectivity index (χ0v) is 13.0. The predicted octanol–water partition coefficient (Wildman–Crippen LogP) is 2.30. The molecule has 0 radical (unpaired) electrons. The molecule has 0 aliphatic carbocycles. The van der Waals surface area contributed by atoms with E-state index >= 15 is 0 Å². The van der Waals surface area contributed by atoms with Crippen molar-refractivity contribution >= 4 is 5.69 Å². The zero-order valence-electron chi connectivity index (χ0n) is 13.0. The summed E-state index contributed by atoms with van der Waals surface area (Å²) in [5, 5.41) is 11.4. The molecule has 2 aromatic rings. The fourth-order valence-electron chi connectivity index (χ4n) is 2.29. The summed E-state index contributed by atoms with van der Waals surface area (Å²) in [6.07, 6.45) is 4.43. The van der Waals surface area contributed by atoms with Crippen LogP contribution in [0.25, 0.3) is 0 Å². The van der Waals surface area contributed by atoms with E-state index in [2.05, 4.69) is 57.8 Å². The lowest BCUT2D eigenvalue weighted by atomic mass is 10.2. The lowest BCUT2D eigenvalue weighted by Crippen LogP contribution is -2.28.